The Morgan fingerprint density at radius 1 is 1.44 bits per heavy atom. The van der Waals surface area contributed by atoms with E-state index in [1.165, 1.54) is 0 Å². The normalized spacial score (nSPS) is 15.9. The number of ether oxygens (including phenoxy) is 1. The van der Waals surface area contributed by atoms with Gasteiger partial charge in [0, 0.05) is 0 Å². The number of carbonyl (C=O) groups excluding carboxylic acids is 1. The number of amides is 1. The lowest BCUT2D eigenvalue weighted by molar-refractivity contribution is 0.0501. The van der Waals surface area contributed by atoms with E-state index >= 15 is 0 Å². The van der Waals surface area contributed by atoms with Crippen molar-refractivity contribution in [3.05, 3.63) is 12.2 Å². The molecule has 2 atom stereocenters. The first-order valence-corrected chi connectivity index (χ1v) is 5.92. The van der Waals surface area contributed by atoms with Gasteiger partial charge in [-0.15, -0.1) is 0 Å². The summed E-state index contributed by atoms with van der Waals surface area (Å²) in [6, 6.07) is 0.0462. The Labute approximate surface area is 99.3 Å². The average Bonchev–Trinajstić information content (AvgIpc) is 2.13. The van der Waals surface area contributed by atoms with Crippen molar-refractivity contribution in [2.45, 2.75) is 59.6 Å². The maximum absolute atomic E-state index is 11.6. The molecule has 3 heteroatoms. The fourth-order valence-corrected chi connectivity index (χ4v) is 1.28. The highest BCUT2D eigenvalue weighted by Gasteiger charge is 2.20. The summed E-state index contributed by atoms with van der Waals surface area (Å²) in [5.74, 6) is 0.406. The zero-order valence-corrected chi connectivity index (χ0v) is 11.3. The molecule has 0 aliphatic heterocycles. The molecule has 0 spiro atoms. The number of allylic oxidation sites excluding steroid dienone is 1. The van der Waals surface area contributed by atoms with E-state index < -0.39 is 5.60 Å². The predicted octanol–water partition coefficient (Wildman–Crippen LogP) is 3.50. The second-order valence-electron chi connectivity index (χ2n) is 5.08. The Morgan fingerprint density at radius 2 is 2.00 bits per heavy atom. The number of hydrogen-bond acceptors (Lipinski definition) is 2. The van der Waals surface area contributed by atoms with Crippen molar-refractivity contribution in [3.63, 3.8) is 0 Å². The van der Waals surface area contributed by atoms with Gasteiger partial charge in [0.2, 0.25) is 0 Å². The van der Waals surface area contributed by atoms with Gasteiger partial charge in [-0.3, -0.25) is 0 Å². The van der Waals surface area contributed by atoms with Crippen LogP contribution in [0.1, 0.15) is 48.0 Å². The minimum absolute atomic E-state index is 0.0462. The Bertz CT molecular complexity index is 241. The van der Waals surface area contributed by atoms with Crippen molar-refractivity contribution in [1.29, 1.82) is 0 Å². The molecule has 0 rings (SSSR count). The first-order chi connectivity index (χ1) is 7.30. The summed E-state index contributed by atoms with van der Waals surface area (Å²) >= 11 is 0. The van der Waals surface area contributed by atoms with Crippen LogP contribution in [-0.4, -0.2) is 17.7 Å². The van der Waals surface area contributed by atoms with Crippen LogP contribution in [0.2, 0.25) is 0 Å². The second kappa shape index (κ2) is 6.56. The molecule has 0 aliphatic rings. The van der Waals surface area contributed by atoms with E-state index in [2.05, 4.69) is 19.2 Å². The first-order valence-electron chi connectivity index (χ1n) is 5.92. The third-order valence-electron chi connectivity index (χ3n) is 2.34. The summed E-state index contributed by atoms with van der Waals surface area (Å²) in [5.41, 5.74) is -0.444. The molecule has 94 valence electrons. The largest absolute Gasteiger partial charge is 0.444 e. The van der Waals surface area contributed by atoms with E-state index in [0.29, 0.717) is 5.92 Å². The molecule has 0 radical (unpaired) electrons. The van der Waals surface area contributed by atoms with Gasteiger partial charge in [-0.05, 0) is 33.6 Å². The molecule has 0 saturated carbocycles. The Morgan fingerprint density at radius 3 is 2.38 bits per heavy atom. The van der Waals surface area contributed by atoms with Crippen molar-refractivity contribution in [3.8, 4) is 0 Å². The van der Waals surface area contributed by atoms with Gasteiger partial charge in [-0.2, -0.15) is 0 Å². The van der Waals surface area contributed by atoms with Crippen molar-refractivity contribution in [2.75, 3.05) is 0 Å². The van der Waals surface area contributed by atoms with Crippen LogP contribution in [0.15, 0.2) is 12.2 Å². The zero-order chi connectivity index (χ0) is 12.8. The van der Waals surface area contributed by atoms with Crippen LogP contribution < -0.4 is 5.32 Å². The topological polar surface area (TPSA) is 38.3 Å². The molecule has 0 aromatic heterocycles. The van der Waals surface area contributed by atoms with Gasteiger partial charge in [-0.25, -0.2) is 4.79 Å². The van der Waals surface area contributed by atoms with Crippen molar-refractivity contribution in [1.82, 2.24) is 5.32 Å². The summed E-state index contributed by atoms with van der Waals surface area (Å²) in [6.07, 6.45) is 4.62. The van der Waals surface area contributed by atoms with Gasteiger partial charge in [0.25, 0.3) is 0 Å². The highest BCUT2D eigenvalue weighted by Crippen LogP contribution is 2.11. The lowest BCUT2D eigenvalue weighted by atomic mass is 9.99. The molecule has 0 heterocycles. The third kappa shape index (κ3) is 6.49. The van der Waals surface area contributed by atoms with Gasteiger partial charge >= 0.3 is 6.09 Å². The highest BCUT2D eigenvalue weighted by molar-refractivity contribution is 5.68. The van der Waals surface area contributed by atoms with Gasteiger partial charge < -0.3 is 10.1 Å². The quantitative estimate of drug-likeness (QED) is 0.746. The van der Waals surface area contributed by atoms with E-state index in [-0.39, 0.29) is 12.1 Å². The van der Waals surface area contributed by atoms with Crippen LogP contribution in [0.4, 0.5) is 4.79 Å². The molecule has 2 unspecified atom stereocenters. The van der Waals surface area contributed by atoms with E-state index in [4.69, 9.17) is 4.74 Å². The average molecular weight is 227 g/mol. The molecular formula is C13H25NO2. The second-order valence-corrected chi connectivity index (χ2v) is 5.08. The minimum Gasteiger partial charge on any atom is -0.444 e. The summed E-state index contributed by atoms with van der Waals surface area (Å²) in [4.78, 5) is 11.6. The number of rotatable bonds is 4. The minimum atomic E-state index is -0.444. The van der Waals surface area contributed by atoms with Crippen LogP contribution in [0.5, 0.6) is 0 Å². The van der Waals surface area contributed by atoms with E-state index in [0.717, 1.165) is 6.42 Å². The summed E-state index contributed by atoms with van der Waals surface area (Å²) in [5, 5.41) is 2.88. The molecule has 16 heavy (non-hydrogen) atoms. The monoisotopic (exact) mass is 227 g/mol. The summed E-state index contributed by atoms with van der Waals surface area (Å²) in [6.45, 7) is 11.8. The van der Waals surface area contributed by atoms with Gasteiger partial charge in [0.05, 0.1) is 6.04 Å². The van der Waals surface area contributed by atoms with E-state index in [9.17, 15) is 4.79 Å². The number of nitrogens with one attached hydrogen (secondary N) is 1. The highest BCUT2D eigenvalue weighted by atomic mass is 16.6. The molecule has 0 fully saturated rings. The van der Waals surface area contributed by atoms with E-state index in [1.807, 2.05) is 39.8 Å². The first kappa shape index (κ1) is 15.0. The lowest BCUT2D eigenvalue weighted by Crippen LogP contribution is -2.41. The maximum Gasteiger partial charge on any atom is 0.408 e. The molecule has 0 bridgehead atoms. The van der Waals surface area contributed by atoms with Crippen LogP contribution >= 0.6 is 0 Å². The number of alkyl carbamates (subject to hydrolysis) is 1. The van der Waals surface area contributed by atoms with Crippen molar-refractivity contribution >= 4 is 6.09 Å². The van der Waals surface area contributed by atoms with Crippen LogP contribution in [-0.2, 0) is 4.74 Å². The Hall–Kier alpha value is -0.990. The van der Waals surface area contributed by atoms with Crippen LogP contribution in [0.3, 0.4) is 0 Å². The molecule has 1 amide bonds. The van der Waals surface area contributed by atoms with Gasteiger partial charge in [0.1, 0.15) is 5.60 Å². The maximum atomic E-state index is 11.6. The molecule has 0 aliphatic carbocycles. The molecule has 0 aromatic carbocycles. The Kier molecular flexibility index (Phi) is 6.16. The fourth-order valence-electron chi connectivity index (χ4n) is 1.28. The van der Waals surface area contributed by atoms with Gasteiger partial charge in [0.15, 0.2) is 0 Å². The standard InChI is InChI=1S/C13H25NO2/c1-7-9-11(10(3)8-2)14-12(15)16-13(4,5)6/h7,9-11H,8H2,1-6H3,(H,14,15)/b9-7+. The molecule has 3 nitrogen and oxygen atoms in total. The lowest BCUT2D eigenvalue weighted by Gasteiger charge is -2.25. The van der Waals surface area contributed by atoms with Crippen molar-refractivity contribution in [2.24, 2.45) is 5.92 Å². The fraction of sp³-hybridized carbons (Fsp3) is 0.769. The number of carbonyl (C=O) groups is 1. The zero-order valence-electron chi connectivity index (χ0n) is 11.3. The van der Waals surface area contributed by atoms with Gasteiger partial charge in [-0.1, -0.05) is 32.4 Å². The van der Waals surface area contributed by atoms with Crippen LogP contribution in [0, 0.1) is 5.92 Å². The smallest absolute Gasteiger partial charge is 0.408 e. The summed E-state index contributed by atoms with van der Waals surface area (Å²) < 4.78 is 5.23. The van der Waals surface area contributed by atoms with Crippen LogP contribution in [0.25, 0.3) is 0 Å². The molecule has 0 aromatic rings. The Balaban J connectivity index is 4.35. The predicted molar refractivity (Wildman–Crippen MR) is 67.4 cm³/mol. The molecular weight excluding hydrogens is 202 g/mol. The van der Waals surface area contributed by atoms with E-state index in [1.54, 1.807) is 0 Å². The van der Waals surface area contributed by atoms with Crippen molar-refractivity contribution < 1.29 is 9.53 Å². The third-order valence-corrected chi connectivity index (χ3v) is 2.34. The number of hydrogen-bond donors (Lipinski definition) is 1. The summed E-state index contributed by atoms with van der Waals surface area (Å²) in [7, 11) is 0. The SMILES string of the molecule is C/C=C/C(NC(=O)OC(C)(C)C)C(C)CC. The molecule has 0 saturated heterocycles. The molecule has 1 N–H and O–H groups in total.